The molecule has 0 aromatic heterocycles. The second-order valence-corrected chi connectivity index (χ2v) is 6.92. The molecule has 0 spiro atoms. The maximum atomic E-state index is 11.9. The second-order valence-electron chi connectivity index (χ2n) is 5.11. The number of carboxylic acid groups (broad SMARTS) is 1. The van der Waals surface area contributed by atoms with Gasteiger partial charge in [0, 0.05) is 19.6 Å². The molecule has 1 atom stereocenters. The van der Waals surface area contributed by atoms with Crippen LogP contribution in [-0.4, -0.2) is 50.0 Å². The Bertz CT molecular complexity index is 604. The fourth-order valence-corrected chi connectivity index (χ4v) is 3.22. The number of benzene rings is 1. The summed E-state index contributed by atoms with van der Waals surface area (Å²) in [5.41, 5.74) is -0.580. The van der Waals surface area contributed by atoms with Crippen LogP contribution in [0.25, 0.3) is 0 Å². The smallest absolute Gasteiger partial charge is 0.335 e. The van der Waals surface area contributed by atoms with Crippen molar-refractivity contribution >= 4 is 16.0 Å². The minimum Gasteiger partial charge on any atom is -0.478 e. The molecule has 0 saturated carbocycles. The summed E-state index contributed by atoms with van der Waals surface area (Å²) in [6.07, 6.45) is 0.392. The summed E-state index contributed by atoms with van der Waals surface area (Å²) in [6, 6.07) is 5.61. The van der Waals surface area contributed by atoms with E-state index in [-0.39, 0.29) is 24.5 Å². The van der Waals surface area contributed by atoms with Crippen molar-refractivity contribution in [2.45, 2.75) is 17.8 Å². The van der Waals surface area contributed by atoms with E-state index in [1.54, 1.807) is 0 Å². The highest BCUT2D eigenvalue weighted by Crippen LogP contribution is 2.17. The van der Waals surface area contributed by atoms with Gasteiger partial charge in [0.15, 0.2) is 0 Å². The number of carboxylic acids is 1. The van der Waals surface area contributed by atoms with Crippen molar-refractivity contribution < 1.29 is 28.2 Å². The summed E-state index contributed by atoms with van der Waals surface area (Å²) in [5, 5.41) is 18.8. The lowest BCUT2D eigenvalue weighted by Gasteiger charge is -2.20. The van der Waals surface area contributed by atoms with Crippen LogP contribution in [0.15, 0.2) is 24.3 Å². The predicted octanol–water partition coefficient (Wildman–Crippen LogP) is -0.0444. The molecular formula is C13H17NO6S. The van der Waals surface area contributed by atoms with E-state index in [4.69, 9.17) is 9.84 Å². The molecular weight excluding hydrogens is 298 g/mol. The van der Waals surface area contributed by atoms with E-state index in [2.05, 4.69) is 4.72 Å². The van der Waals surface area contributed by atoms with Crippen molar-refractivity contribution in [1.82, 2.24) is 4.72 Å². The highest BCUT2D eigenvalue weighted by molar-refractivity contribution is 7.88. The Morgan fingerprint density at radius 1 is 1.33 bits per heavy atom. The Kier molecular flexibility index (Phi) is 4.62. The summed E-state index contributed by atoms with van der Waals surface area (Å²) < 4.78 is 31.3. The molecule has 0 amide bonds. The molecule has 7 nitrogen and oxygen atoms in total. The van der Waals surface area contributed by atoms with Gasteiger partial charge in [-0.3, -0.25) is 0 Å². The van der Waals surface area contributed by atoms with Crippen molar-refractivity contribution in [3.63, 3.8) is 0 Å². The van der Waals surface area contributed by atoms with Gasteiger partial charge in [-0.1, -0.05) is 12.1 Å². The van der Waals surface area contributed by atoms with E-state index >= 15 is 0 Å². The first kappa shape index (κ1) is 15.9. The molecule has 116 valence electrons. The van der Waals surface area contributed by atoms with Crippen LogP contribution < -0.4 is 4.72 Å². The first-order valence-corrected chi connectivity index (χ1v) is 8.05. The van der Waals surface area contributed by atoms with Gasteiger partial charge in [0.05, 0.1) is 17.9 Å². The van der Waals surface area contributed by atoms with Crippen LogP contribution in [-0.2, 0) is 20.5 Å². The predicted molar refractivity (Wildman–Crippen MR) is 74.4 cm³/mol. The number of rotatable bonds is 6. The molecule has 1 saturated heterocycles. The van der Waals surface area contributed by atoms with Gasteiger partial charge in [0.2, 0.25) is 10.0 Å². The average Bonchev–Trinajstić information content (AvgIpc) is 2.85. The fraction of sp³-hybridized carbons (Fsp3) is 0.462. The van der Waals surface area contributed by atoms with Crippen LogP contribution in [0.5, 0.6) is 0 Å². The van der Waals surface area contributed by atoms with Crippen molar-refractivity contribution in [1.29, 1.82) is 0 Å². The van der Waals surface area contributed by atoms with Crippen molar-refractivity contribution in [2.24, 2.45) is 0 Å². The van der Waals surface area contributed by atoms with Crippen LogP contribution in [0.1, 0.15) is 22.3 Å². The molecule has 8 heteroatoms. The second kappa shape index (κ2) is 6.10. The molecule has 1 heterocycles. The number of aromatic carboxylic acids is 1. The monoisotopic (exact) mass is 315 g/mol. The Labute approximate surface area is 122 Å². The minimum absolute atomic E-state index is 0.0947. The van der Waals surface area contributed by atoms with E-state index in [1.807, 2.05) is 0 Å². The number of hydrogen-bond donors (Lipinski definition) is 3. The molecule has 21 heavy (non-hydrogen) atoms. The van der Waals surface area contributed by atoms with Gasteiger partial charge in [0.1, 0.15) is 5.60 Å². The average molecular weight is 315 g/mol. The zero-order valence-electron chi connectivity index (χ0n) is 11.3. The lowest BCUT2D eigenvalue weighted by molar-refractivity contribution is 0.0314. The van der Waals surface area contributed by atoms with Crippen molar-refractivity contribution in [3.8, 4) is 0 Å². The molecule has 1 aliphatic rings. The molecule has 0 bridgehead atoms. The van der Waals surface area contributed by atoms with Crippen molar-refractivity contribution in [3.05, 3.63) is 35.4 Å². The van der Waals surface area contributed by atoms with Gasteiger partial charge in [-0.2, -0.15) is 0 Å². The van der Waals surface area contributed by atoms with E-state index < -0.39 is 21.6 Å². The van der Waals surface area contributed by atoms with Crippen LogP contribution in [0, 0.1) is 0 Å². The van der Waals surface area contributed by atoms with E-state index in [1.165, 1.54) is 24.3 Å². The number of nitrogens with one attached hydrogen (secondary N) is 1. The minimum atomic E-state index is -3.61. The lowest BCUT2D eigenvalue weighted by Crippen LogP contribution is -2.43. The molecule has 1 aliphatic heterocycles. The van der Waals surface area contributed by atoms with E-state index in [0.717, 1.165) is 0 Å². The summed E-state index contributed by atoms with van der Waals surface area (Å²) in [4.78, 5) is 10.7. The molecule has 1 fully saturated rings. The van der Waals surface area contributed by atoms with Crippen LogP contribution in [0.3, 0.4) is 0 Å². The molecule has 2 rings (SSSR count). The summed E-state index contributed by atoms with van der Waals surface area (Å²) in [7, 11) is -3.61. The van der Waals surface area contributed by atoms with Gasteiger partial charge >= 0.3 is 5.97 Å². The number of ether oxygens (including phenoxy) is 1. The standard InChI is InChI=1S/C13H17NO6S/c15-12(16)11-3-1-10(2-4-11)7-21(18,19)14-8-13(17)5-6-20-9-13/h1-4,14,17H,5-9H2,(H,15,16). The van der Waals surface area contributed by atoms with E-state index in [0.29, 0.717) is 18.6 Å². The maximum Gasteiger partial charge on any atom is 0.335 e. The lowest BCUT2D eigenvalue weighted by atomic mass is 10.1. The Morgan fingerprint density at radius 3 is 2.52 bits per heavy atom. The summed E-state index contributed by atoms with van der Waals surface area (Å²) >= 11 is 0. The Hall–Kier alpha value is -1.48. The molecule has 1 unspecified atom stereocenters. The number of carbonyl (C=O) groups is 1. The van der Waals surface area contributed by atoms with Crippen LogP contribution >= 0.6 is 0 Å². The third-order valence-electron chi connectivity index (χ3n) is 3.26. The first-order chi connectivity index (χ1) is 9.80. The third-order valence-corrected chi connectivity index (χ3v) is 4.56. The number of sulfonamides is 1. The normalized spacial score (nSPS) is 22.3. The number of hydrogen-bond acceptors (Lipinski definition) is 5. The maximum absolute atomic E-state index is 11.9. The van der Waals surface area contributed by atoms with Crippen LogP contribution in [0.2, 0.25) is 0 Å². The summed E-state index contributed by atoms with van der Waals surface area (Å²) in [6.45, 7) is 0.431. The first-order valence-electron chi connectivity index (χ1n) is 6.39. The zero-order chi connectivity index (χ0) is 15.5. The van der Waals surface area contributed by atoms with Gasteiger partial charge in [0.25, 0.3) is 0 Å². The zero-order valence-corrected chi connectivity index (χ0v) is 12.1. The SMILES string of the molecule is O=C(O)c1ccc(CS(=O)(=O)NCC2(O)CCOC2)cc1. The molecule has 0 aliphatic carbocycles. The molecule has 3 N–H and O–H groups in total. The Morgan fingerprint density at radius 2 is 2.00 bits per heavy atom. The van der Waals surface area contributed by atoms with Gasteiger partial charge in [-0.05, 0) is 17.7 Å². The quantitative estimate of drug-likeness (QED) is 0.679. The molecule has 1 aromatic carbocycles. The van der Waals surface area contributed by atoms with Crippen molar-refractivity contribution in [2.75, 3.05) is 19.8 Å². The summed E-state index contributed by atoms with van der Waals surface area (Å²) in [5.74, 6) is -1.34. The number of aliphatic hydroxyl groups is 1. The van der Waals surface area contributed by atoms with Gasteiger partial charge < -0.3 is 14.9 Å². The highest BCUT2D eigenvalue weighted by atomic mass is 32.2. The van der Waals surface area contributed by atoms with E-state index in [9.17, 15) is 18.3 Å². The third kappa shape index (κ3) is 4.50. The molecule has 1 aromatic rings. The largest absolute Gasteiger partial charge is 0.478 e. The fourth-order valence-electron chi connectivity index (χ4n) is 1.99. The topological polar surface area (TPSA) is 113 Å². The molecule has 0 radical (unpaired) electrons. The Balaban J connectivity index is 1.95. The van der Waals surface area contributed by atoms with Gasteiger partial charge in [-0.15, -0.1) is 0 Å². The van der Waals surface area contributed by atoms with Gasteiger partial charge in [-0.25, -0.2) is 17.9 Å². The highest BCUT2D eigenvalue weighted by Gasteiger charge is 2.33. The van der Waals surface area contributed by atoms with Crippen LogP contribution in [0.4, 0.5) is 0 Å².